The molecule has 0 aromatic carbocycles. The largest absolute Gasteiger partial charge is 0.307 e. The number of halogens is 1. The van der Waals surface area contributed by atoms with Crippen molar-refractivity contribution in [2.75, 3.05) is 0 Å². The summed E-state index contributed by atoms with van der Waals surface area (Å²) >= 11 is 0. The smallest absolute Gasteiger partial charge is 0.215 e. The van der Waals surface area contributed by atoms with Gasteiger partial charge in [-0.3, -0.25) is 4.68 Å². The summed E-state index contributed by atoms with van der Waals surface area (Å²) in [5.41, 5.74) is 2.41. The van der Waals surface area contributed by atoms with E-state index >= 15 is 0 Å². The Morgan fingerprint density at radius 3 is 2.59 bits per heavy atom. The minimum atomic E-state index is -0.278. The van der Waals surface area contributed by atoms with Crippen molar-refractivity contribution in [2.24, 2.45) is 14.1 Å². The van der Waals surface area contributed by atoms with Gasteiger partial charge in [0, 0.05) is 38.9 Å². The van der Waals surface area contributed by atoms with Gasteiger partial charge in [-0.25, -0.2) is 4.68 Å². The van der Waals surface area contributed by atoms with Crippen LogP contribution >= 0.6 is 0 Å². The van der Waals surface area contributed by atoms with Crippen molar-refractivity contribution in [3.63, 3.8) is 0 Å². The molecule has 0 aliphatic carbocycles. The Labute approximate surface area is 99.2 Å². The molecule has 92 valence electrons. The predicted molar refractivity (Wildman–Crippen MR) is 61.7 cm³/mol. The van der Waals surface area contributed by atoms with Gasteiger partial charge in [0.2, 0.25) is 5.95 Å². The highest BCUT2D eigenvalue weighted by Crippen LogP contribution is 2.10. The fourth-order valence-electron chi connectivity index (χ4n) is 1.77. The van der Waals surface area contributed by atoms with E-state index < -0.39 is 0 Å². The molecule has 2 aromatic rings. The second-order valence-corrected chi connectivity index (χ2v) is 4.03. The van der Waals surface area contributed by atoms with Crippen LogP contribution in [0.1, 0.15) is 17.0 Å². The van der Waals surface area contributed by atoms with E-state index in [1.54, 1.807) is 17.9 Å². The van der Waals surface area contributed by atoms with E-state index in [4.69, 9.17) is 0 Å². The molecule has 17 heavy (non-hydrogen) atoms. The van der Waals surface area contributed by atoms with Gasteiger partial charge in [-0.05, 0) is 13.0 Å². The minimum Gasteiger partial charge on any atom is -0.307 e. The summed E-state index contributed by atoms with van der Waals surface area (Å²) in [5, 5.41) is 11.3. The van der Waals surface area contributed by atoms with Crippen molar-refractivity contribution < 1.29 is 4.39 Å². The molecule has 2 heterocycles. The molecular weight excluding hydrogens is 221 g/mol. The van der Waals surface area contributed by atoms with Gasteiger partial charge in [-0.2, -0.15) is 14.6 Å². The number of aromatic nitrogens is 4. The van der Waals surface area contributed by atoms with E-state index in [1.165, 1.54) is 4.68 Å². The first kappa shape index (κ1) is 11.8. The molecule has 2 rings (SSSR count). The Balaban J connectivity index is 1.97. The molecule has 0 saturated carbocycles. The highest BCUT2D eigenvalue weighted by Gasteiger charge is 2.12. The molecule has 0 bridgehead atoms. The molecule has 0 aliphatic heterocycles. The van der Waals surface area contributed by atoms with E-state index in [1.807, 2.05) is 20.0 Å². The third-order valence-electron chi connectivity index (χ3n) is 2.80. The van der Waals surface area contributed by atoms with Gasteiger partial charge in [-0.15, -0.1) is 0 Å². The first-order chi connectivity index (χ1) is 8.09. The zero-order valence-corrected chi connectivity index (χ0v) is 10.2. The summed E-state index contributed by atoms with van der Waals surface area (Å²) in [6.07, 6.45) is 1.74. The van der Waals surface area contributed by atoms with Crippen LogP contribution in [0, 0.1) is 12.9 Å². The summed E-state index contributed by atoms with van der Waals surface area (Å²) in [5.74, 6) is -0.278. The summed E-state index contributed by atoms with van der Waals surface area (Å²) in [6, 6.07) is 1.93. The van der Waals surface area contributed by atoms with Crippen molar-refractivity contribution in [1.29, 1.82) is 0 Å². The Hall–Kier alpha value is -1.69. The fraction of sp³-hybridized carbons (Fsp3) is 0.455. The van der Waals surface area contributed by atoms with Crippen LogP contribution in [0.3, 0.4) is 0 Å². The van der Waals surface area contributed by atoms with Crippen molar-refractivity contribution in [2.45, 2.75) is 20.0 Å². The molecule has 0 saturated heterocycles. The molecule has 0 amide bonds. The van der Waals surface area contributed by atoms with Crippen LogP contribution in [-0.2, 0) is 27.2 Å². The molecule has 2 aromatic heterocycles. The average Bonchev–Trinajstić information content (AvgIpc) is 2.78. The zero-order chi connectivity index (χ0) is 12.4. The SMILES string of the molecule is Cc1nn(C)c(F)c1CNCc1ccnn1C. The third-order valence-corrected chi connectivity index (χ3v) is 2.80. The number of hydrogen-bond donors (Lipinski definition) is 1. The quantitative estimate of drug-likeness (QED) is 0.859. The third kappa shape index (κ3) is 2.36. The Morgan fingerprint density at radius 1 is 1.29 bits per heavy atom. The maximum atomic E-state index is 13.6. The molecule has 0 atom stereocenters. The lowest BCUT2D eigenvalue weighted by Gasteiger charge is -2.04. The van der Waals surface area contributed by atoms with E-state index in [2.05, 4.69) is 15.5 Å². The molecule has 1 N–H and O–H groups in total. The number of nitrogens with zero attached hydrogens (tertiary/aromatic N) is 4. The van der Waals surface area contributed by atoms with Crippen LogP contribution < -0.4 is 5.32 Å². The first-order valence-electron chi connectivity index (χ1n) is 5.45. The van der Waals surface area contributed by atoms with Crippen LogP contribution in [0.15, 0.2) is 12.3 Å². The highest BCUT2D eigenvalue weighted by molar-refractivity contribution is 5.17. The normalized spacial score (nSPS) is 11.1. The molecule has 0 spiro atoms. The van der Waals surface area contributed by atoms with Gasteiger partial charge < -0.3 is 5.32 Å². The van der Waals surface area contributed by atoms with Crippen LogP contribution in [0.5, 0.6) is 0 Å². The van der Waals surface area contributed by atoms with Crippen LogP contribution in [0.25, 0.3) is 0 Å². The van der Waals surface area contributed by atoms with Crippen LogP contribution in [-0.4, -0.2) is 19.6 Å². The molecule has 0 fully saturated rings. The molecule has 6 heteroatoms. The Morgan fingerprint density at radius 2 is 2.06 bits per heavy atom. The van der Waals surface area contributed by atoms with E-state index in [-0.39, 0.29) is 5.95 Å². The predicted octanol–water partition coefficient (Wildman–Crippen LogP) is 0.891. The van der Waals surface area contributed by atoms with Crippen LogP contribution in [0.4, 0.5) is 4.39 Å². The van der Waals surface area contributed by atoms with Crippen molar-refractivity contribution in [3.8, 4) is 0 Å². The summed E-state index contributed by atoms with van der Waals surface area (Å²) in [4.78, 5) is 0. The van der Waals surface area contributed by atoms with Gasteiger partial charge in [-0.1, -0.05) is 0 Å². The van der Waals surface area contributed by atoms with Gasteiger partial charge in [0.1, 0.15) is 0 Å². The Kier molecular flexibility index (Phi) is 3.23. The molecule has 5 nitrogen and oxygen atoms in total. The molecule has 0 unspecified atom stereocenters. The van der Waals surface area contributed by atoms with Gasteiger partial charge in [0.15, 0.2) is 0 Å². The van der Waals surface area contributed by atoms with Gasteiger partial charge in [0.25, 0.3) is 0 Å². The lowest BCUT2D eigenvalue weighted by molar-refractivity contribution is 0.488. The highest BCUT2D eigenvalue weighted by atomic mass is 19.1. The number of hydrogen-bond acceptors (Lipinski definition) is 3. The zero-order valence-electron chi connectivity index (χ0n) is 10.2. The monoisotopic (exact) mass is 237 g/mol. The summed E-state index contributed by atoms with van der Waals surface area (Å²) < 4.78 is 16.7. The van der Waals surface area contributed by atoms with Crippen molar-refractivity contribution in [3.05, 3.63) is 35.2 Å². The number of rotatable bonds is 4. The fourth-order valence-corrected chi connectivity index (χ4v) is 1.77. The minimum absolute atomic E-state index is 0.278. The summed E-state index contributed by atoms with van der Waals surface area (Å²) in [7, 11) is 3.49. The second-order valence-electron chi connectivity index (χ2n) is 4.03. The maximum Gasteiger partial charge on any atom is 0.215 e. The standard InChI is InChI=1S/C11H16FN5/c1-8-10(11(12)17(3)15-8)7-13-6-9-4-5-14-16(9)2/h4-5,13H,6-7H2,1-3H3. The van der Waals surface area contributed by atoms with Gasteiger partial charge in [0.05, 0.1) is 11.4 Å². The van der Waals surface area contributed by atoms with Crippen LogP contribution in [0.2, 0.25) is 0 Å². The Bertz CT molecular complexity index is 514. The van der Waals surface area contributed by atoms with Crippen molar-refractivity contribution in [1.82, 2.24) is 24.9 Å². The van der Waals surface area contributed by atoms with E-state index in [0.717, 1.165) is 11.4 Å². The molecule has 0 aliphatic rings. The average molecular weight is 237 g/mol. The van der Waals surface area contributed by atoms with Crippen molar-refractivity contribution >= 4 is 0 Å². The second kappa shape index (κ2) is 4.67. The number of aryl methyl sites for hydroxylation is 3. The maximum absolute atomic E-state index is 13.6. The lowest BCUT2D eigenvalue weighted by atomic mass is 10.2. The van der Waals surface area contributed by atoms with E-state index in [9.17, 15) is 4.39 Å². The topological polar surface area (TPSA) is 47.7 Å². The summed E-state index contributed by atoms with van der Waals surface area (Å²) in [6.45, 7) is 2.94. The first-order valence-corrected chi connectivity index (χ1v) is 5.45. The molecule has 0 radical (unpaired) electrons. The lowest BCUT2D eigenvalue weighted by Crippen LogP contribution is -2.16. The number of nitrogens with one attached hydrogen (secondary N) is 1. The van der Waals surface area contributed by atoms with Gasteiger partial charge >= 0.3 is 0 Å². The molecular formula is C11H16FN5. The van der Waals surface area contributed by atoms with E-state index in [0.29, 0.717) is 18.7 Å².